The monoisotopic (exact) mass is 140 g/mol. The van der Waals surface area contributed by atoms with Crippen LogP contribution in [0.15, 0.2) is 0 Å². The van der Waals surface area contributed by atoms with Gasteiger partial charge in [0.15, 0.2) is 0 Å². The number of carbonyl (C=O) groups excluding carboxylic acids is 1. The lowest BCUT2D eigenvalue weighted by Gasteiger charge is -2.11. The SMILES string of the molecule is CC(C)[C@@H]1CC[C@H](C)C1=O. The first-order valence-corrected chi connectivity index (χ1v) is 4.16. The van der Waals surface area contributed by atoms with Crippen LogP contribution in [0.5, 0.6) is 0 Å². The molecule has 0 heterocycles. The fourth-order valence-electron chi connectivity index (χ4n) is 1.74. The Bertz CT molecular complexity index is 138. The fourth-order valence-corrected chi connectivity index (χ4v) is 1.74. The minimum Gasteiger partial charge on any atom is -0.299 e. The molecule has 0 bridgehead atoms. The average molecular weight is 140 g/mol. The number of rotatable bonds is 1. The molecule has 1 rings (SSSR count). The van der Waals surface area contributed by atoms with E-state index < -0.39 is 0 Å². The smallest absolute Gasteiger partial charge is 0.139 e. The van der Waals surface area contributed by atoms with Gasteiger partial charge in [0.25, 0.3) is 0 Å². The lowest BCUT2D eigenvalue weighted by atomic mass is 9.92. The van der Waals surface area contributed by atoms with Crippen molar-refractivity contribution in [3.05, 3.63) is 0 Å². The molecule has 58 valence electrons. The second-order valence-electron chi connectivity index (χ2n) is 3.73. The van der Waals surface area contributed by atoms with Gasteiger partial charge >= 0.3 is 0 Å². The molecule has 2 atom stereocenters. The topological polar surface area (TPSA) is 17.1 Å². The zero-order chi connectivity index (χ0) is 7.72. The summed E-state index contributed by atoms with van der Waals surface area (Å²) < 4.78 is 0. The summed E-state index contributed by atoms with van der Waals surface area (Å²) in [5, 5.41) is 0. The molecule has 1 nitrogen and oxygen atoms in total. The van der Waals surface area contributed by atoms with E-state index in [2.05, 4.69) is 13.8 Å². The van der Waals surface area contributed by atoms with Crippen molar-refractivity contribution >= 4 is 5.78 Å². The first-order valence-electron chi connectivity index (χ1n) is 4.16. The van der Waals surface area contributed by atoms with Crippen LogP contribution in [0.3, 0.4) is 0 Å². The first-order chi connectivity index (χ1) is 4.63. The molecule has 1 saturated carbocycles. The maximum Gasteiger partial charge on any atom is 0.139 e. The van der Waals surface area contributed by atoms with Crippen LogP contribution in [0.1, 0.15) is 33.6 Å². The van der Waals surface area contributed by atoms with E-state index in [0.717, 1.165) is 12.8 Å². The van der Waals surface area contributed by atoms with Crippen molar-refractivity contribution in [3.63, 3.8) is 0 Å². The predicted octanol–water partition coefficient (Wildman–Crippen LogP) is 2.26. The zero-order valence-electron chi connectivity index (χ0n) is 7.05. The van der Waals surface area contributed by atoms with Crippen LogP contribution >= 0.6 is 0 Å². The Morgan fingerprint density at radius 1 is 1.40 bits per heavy atom. The molecule has 1 aliphatic carbocycles. The van der Waals surface area contributed by atoms with Gasteiger partial charge < -0.3 is 0 Å². The number of carbonyl (C=O) groups is 1. The summed E-state index contributed by atoms with van der Waals surface area (Å²) in [7, 11) is 0. The van der Waals surface area contributed by atoms with E-state index in [-0.39, 0.29) is 0 Å². The summed E-state index contributed by atoms with van der Waals surface area (Å²) in [6.07, 6.45) is 2.24. The highest BCUT2D eigenvalue weighted by Gasteiger charge is 2.32. The number of hydrogen-bond donors (Lipinski definition) is 0. The molecule has 0 aliphatic heterocycles. The van der Waals surface area contributed by atoms with Crippen molar-refractivity contribution in [2.45, 2.75) is 33.6 Å². The van der Waals surface area contributed by atoms with E-state index in [1.165, 1.54) is 0 Å². The Balaban J connectivity index is 2.57. The third-order valence-electron chi connectivity index (χ3n) is 2.57. The number of Topliss-reactive ketones (excluding diaryl/α,β-unsaturated/α-hetero) is 1. The zero-order valence-corrected chi connectivity index (χ0v) is 7.05. The highest BCUT2D eigenvalue weighted by atomic mass is 16.1. The Morgan fingerprint density at radius 2 is 2.00 bits per heavy atom. The summed E-state index contributed by atoms with van der Waals surface area (Å²) in [6, 6.07) is 0. The van der Waals surface area contributed by atoms with Gasteiger partial charge in [0.1, 0.15) is 5.78 Å². The Kier molecular flexibility index (Phi) is 2.12. The molecule has 0 radical (unpaired) electrons. The maximum atomic E-state index is 11.3. The van der Waals surface area contributed by atoms with Crippen molar-refractivity contribution in [3.8, 4) is 0 Å². The van der Waals surface area contributed by atoms with Gasteiger partial charge in [-0.2, -0.15) is 0 Å². The molecule has 0 N–H and O–H groups in total. The molecule has 1 aliphatic rings. The van der Waals surface area contributed by atoms with Gasteiger partial charge in [-0.1, -0.05) is 20.8 Å². The van der Waals surface area contributed by atoms with Crippen LogP contribution in [0.2, 0.25) is 0 Å². The summed E-state index contributed by atoms with van der Waals surface area (Å²) in [4.78, 5) is 11.3. The highest BCUT2D eigenvalue weighted by molar-refractivity contribution is 5.85. The minimum atomic E-state index is 0.340. The summed E-state index contributed by atoms with van der Waals surface area (Å²) in [5.74, 6) is 1.76. The van der Waals surface area contributed by atoms with Crippen LogP contribution in [-0.2, 0) is 4.79 Å². The lowest BCUT2D eigenvalue weighted by molar-refractivity contribution is -0.124. The summed E-state index contributed by atoms with van der Waals surface area (Å²) in [5.41, 5.74) is 0. The summed E-state index contributed by atoms with van der Waals surface area (Å²) >= 11 is 0. The fraction of sp³-hybridized carbons (Fsp3) is 0.889. The molecule has 0 unspecified atom stereocenters. The molecule has 0 aromatic rings. The van der Waals surface area contributed by atoms with Gasteiger partial charge in [0, 0.05) is 11.8 Å². The highest BCUT2D eigenvalue weighted by Crippen LogP contribution is 2.31. The quantitative estimate of drug-likeness (QED) is 0.546. The normalized spacial score (nSPS) is 33.8. The van der Waals surface area contributed by atoms with E-state index in [4.69, 9.17) is 0 Å². The van der Waals surface area contributed by atoms with Gasteiger partial charge in [0.05, 0.1) is 0 Å². The van der Waals surface area contributed by atoms with Crippen LogP contribution in [0.25, 0.3) is 0 Å². The van der Waals surface area contributed by atoms with E-state index >= 15 is 0 Å². The van der Waals surface area contributed by atoms with Gasteiger partial charge in [0.2, 0.25) is 0 Å². The van der Waals surface area contributed by atoms with Crippen LogP contribution in [-0.4, -0.2) is 5.78 Å². The largest absolute Gasteiger partial charge is 0.299 e. The summed E-state index contributed by atoms with van der Waals surface area (Å²) in [6.45, 7) is 6.33. The van der Waals surface area contributed by atoms with Crippen molar-refractivity contribution in [1.29, 1.82) is 0 Å². The molecule has 1 heteroatoms. The van der Waals surface area contributed by atoms with Gasteiger partial charge in [-0.25, -0.2) is 0 Å². The Morgan fingerprint density at radius 3 is 2.20 bits per heavy atom. The van der Waals surface area contributed by atoms with Crippen molar-refractivity contribution in [2.24, 2.45) is 17.8 Å². The second-order valence-corrected chi connectivity index (χ2v) is 3.73. The van der Waals surface area contributed by atoms with Crippen molar-refractivity contribution < 1.29 is 4.79 Å². The van der Waals surface area contributed by atoms with Crippen LogP contribution < -0.4 is 0 Å². The second kappa shape index (κ2) is 2.73. The number of ketones is 1. The average Bonchev–Trinajstić information content (AvgIpc) is 2.14. The van der Waals surface area contributed by atoms with Crippen LogP contribution in [0.4, 0.5) is 0 Å². The maximum absolute atomic E-state index is 11.3. The third kappa shape index (κ3) is 1.23. The molecule has 10 heavy (non-hydrogen) atoms. The molecular weight excluding hydrogens is 124 g/mol. The van der Waals surface area contributed by atoms with Crippen LogP contribution in [0, 0.1) is 17.8 Å². The number of hydrogen-bond acceptors (Lipinski definition) is 1. The molecule has 1 fully saturated rings. The van der Waals surface area contributed by atoms with Gasteiger partial charge in [-0.05, 0) is 18.8 Å². The van der Waals surface area contributed by atoms with Gasteiger partial charge in [-0.3, -0.25) is 4.79 Å². The third-order valence-corrected chi connectivity index (χ3v) is 2.57. The van der Waals surface area contributed by atoms with E-state index in [1.54, 1.807) is 0 Å². The molecular formula is C9H16O. The van der Waals surface area contributed by atoms with E-state index in [9.17, 15) is 4.79 Å². The molecule has 0 saturated heterocycles. The Hall–Kier alpha value is -0.330. The Labute approximate surface area is 62.8 Å². The molecule has 0 spiro atoms. The standard InChI is InChI=1S/C9H16O/c1-6(2)8-5-4-7(3)9(8)10/h6-8H,4-5H2,1-3H3/t7-,8-/m0/s1. The van der Waals surface area contributed by atoms with Gasteiger partial charge in [-0.15, -0.1) is 0 Å². The molecule has 0 aromatic carbocycles. The van der Waals surface area contributed by atoms with E-state index in [1.807, 2.05) is 6.92 Å². The molecule has 0 aromatic heterocycles. The lowest BCUT2D eigenvalue weighted by Crippen LogP contribution is -2.16. The predicted molar refractivity (Wildman–Crippen MR) is 41.7 cm³/mol. The minimum absolute atomic E-state index is 0.340. The van der Waals surface area contributed by atoms with E-state index in [0.29, 0.717) is 23.5 Å². The first kappa shape index (κ1) is 7.77. The molecule has 0 amide bonds. The van der Waals surface area contributed by atoms with Crippen molar-refractivity contribution in [1.82, 2.24) is 0 Å². The van der Waals surface area contributed by atoms with Crippen molar-refractivity contribution in [2.75, 3.05) is 0 Å².